The van der Waals surface area contributed by atoms with Crippen molar-refractivity contribution < 1.29 is 14.3 Å². The molecule has 1 aliphatic heterocycles. The summed E-state index contributed by atoms with van der Waals surface area (Å²) in [4.78, 5) is 27.6. The normalized spacial score (nSPS) is 14.9. The monoisotopic (exact) mass is 503 g/mol. The van der Waals surface area contributed by atoms with Gasteiger partial charge in [-0.05, 0) is 59.2 Å². The molecule has 2 unspecified atom stereocenters. The molecule has 6 heteroatoms. The Labute approximate surface area is 214 Å². The van der Waals surface area contributed by atoms with E-state index in [1.54, 1.807) is 36.4 Å². The fourth-order valence-electron chi connectivity index (χ4n) is 4.54. The highest BCUT2D eigenvalue weighted by Gasteiger charge is 2.41. The largest absolute Gasteiger partial charge is 0.371 e. The van der Waals surface area contributed by atoms with Crippen molar-refractivity contribution in [3.63, 3.8) is 0 Å². The SMILES string of the molecule is CC(C(Cc1ccc(Cl)c(Cl)c1)OCc1ccc2ccccc2c1)N1C(=O)c2ccccc2C1=O. The van der Waals surface area contributed by atoms with E-state index in [0.29, 0.717) is 34.2 Å². The van der Waals surface area contributed by atoms with E-state index >= 15 is 0 Å². The van der Waals surface area contributed by atoms with E-state index in [2.05, 4.69) is 24.3 Å². The predicted molar refractivity (Wildman–Crippen MR) is 139 cm³/mol. The van der Waals surface area contributed by atoms with E-state index in [4.69, 9.17) is 27.9 Å². The standard InChI is InChI=1S/C29H23Cl2NO3/c1-18(32-28(33)23-8-4-5-9-24(23)29(32)34)27(16-19-11-13-25(30)26(31)15-19)35-17-20-10-12-21-6-2-3-7-22(21)14-20/h2-15,18,27H,16-17H2,1H3. The molecule has 0 N–H and O–H groups in total. The first-order valence-corrected chi connectivity index (χ1v) is 12.2. The van der Waals surface area contributed by atoms with Crippen LogP contribution in [0.15, 0.2) is 84.9 Å². The van der Waals surface area contributed by atoms with Gasteiger partial charge in [-0.3, -0.25) is 14.5 Å². The molecule has 0 aromatic heterocycles. The second kappa shape index (κ2) is 9.82. The molecule has 4 aromatic rings. The van der Waals surface area contributed by atoms with Crippen LogP contribution in [-0.2, 0) is 17.8 Å². The van der Waals surface area contributed by atoms with Crippen LogP contribution in [0.5, 0.6) is 0 Å². The third-order valence-corrected chi connectivity index (χ3v) is 7.21. The van der Waals surface area contributed by atoms with Gasteiger partial charge in [0.1, 0.15) is 0 Å². The Bertz CT molecular complexity index is 1400. The summed E-state index contributed by atoms with van der Waals surface area (Å²) in [7, 11) is 0. The number of fused-ring (bicyclic) bond motifs is 2. The minimum atomic E-state index is -0.502. The zero-order chi connectivity index (χ0) is 24.5. The molecule has 35 heavy (non-hydrogen) atoms. The number of hydrogen-bond acceptors (Lipinski definition) is 3. The van der Waals surface area contributed by atoms with Gasteiger partial charge in [0.2, 0.25) is 0 Å². The van der Waals surface area contributed by atoms with Crippen LogP contribution in [0.3, 0.4) is 0 Å². The van der Waals surface area contributed by atoms with Crippen molar-refractivity contribution in [3.05, 3.63) is 117 Å². The first kappa shape index (κ1) is 23.6. The summed E-state index contributed by atoms with van der Waals surface area (Å²) >= 11 is 12.3. The molecular formula is C29H23Cl2NO3. The Kier molecular flexibility index (Phi) is 6.61. The molecule has 2 amide bonds. The maximum atomic E-state index is 13.1. The first-order chi connectivity index (χ1) is 16.9. The minimum Gasteiger partial charge on any atom is -0.371 e. The maximum absolute atomic E-state index is 13.1. The highest BCUT2D eigenvalue weighted by Crippen LogP contribution is 2.29. The fraction of sp³-hybridized carbons (Fsp3) is 0.172. The Morgan fingerprint density at radius 2 is 1.37 bits per heavy atom. The number of ether oxygens (including phenoxy) is 1. The molecular weight excluding hydrogens is 481 g/mol. The van der Waals surface area contributed by atoms with E-state index in [1.807, 2.05) is 31.2 Å². The lowest BCUT2D eigenvalue weighted by atomic mass is 10.0. The minimum absolute atomic E-state index is 0.299. The van der Waals surface area contributed by atoms with Crippen molar-refractivity contribution in [2.24, 2.45) is 0 Å². The smallest absolute Gasteiger partial charge is 0.261 e. The van der Waals surface area contributed by atoms with Gasteiger partial charge in [-0.15, -0.1) is 0 Å². The van der Waals surface area contributed by atoms with Crippen LogP contribution in [0.4, 0.5) is 0 Å². The zero-order valence-electron chi connectivity index (χ0n) is 19.1. The summed E-state index contributed by atoms with van der Waals surface area (Å²) in [6.45, 7) is 2.19. The van der Waals surface area contributed by atoms with Crippen molar-refractivity contribution in [1.82, 2.24) is 4.90 Å². The van der Waals surface area contributed by atoms with Crippen LogP contribution in [0.2, 0.25) is 10.0 Å². The summed E-state index contributed by atoms with van der Waals surface area (Å²) in [5.41, 5.74) is 2.77. The van der Waals surface area contributed by atoms with Crippen molar-refractivity contribution in [1.29, 1.82) is 0 Å². The van der Waals surface area contributed by atoms with E-state index in [9.17, 15) is 9.59 Å². The van der Waals surface area contributed by atoms with Gasteiger partial charge in [0.15, 0.2) is 0 Å². The molecule has 4 nitrogen and oxygen atoms in total. The van der Waals surface area contributed by atoms with Crippen molar-refractivity contribution in [2.45, 2.75) is 32.1 Å². The highest BCUT2D eigenvalue weighted by atomic mass is 35.5. The summed E-state index contributed by atoms with van der Waals surface area (Å²) < 4.78 is 6.40. The van der Waals surface area contributed by atoms with Gasteiger partial charge in [-0.2, -0.15) is 0 Å². The fourth-order valence-corrected chi connectivity index (χ4v) is 4.86. The van der Waals surface area contributed by atoms with Crippen LogP contribution >= 0.6 is 23.2 Å². The molecule has 0 bridgehead atoms. The molecule has 4 aromatic carbocycles. The summed E-state index contributed by atoms with van der Waals surface area (Å²) in [6, 6.07) is 26.2. The number of benzene rings is 4. The number of carbonyl (C=O) groups is 2. The lowest BCUT2D eigenvalue weighted by Gasteiger charge is -2.31. The molecule has 0 spiro atoms. The third-order valence-electron chi connectivity index (χ3n) is 6.47. The van der Waals surface area contributed by atoms with Gasteiger partial charge in [0.05, 0.1) is 39.9 Å². The molecule has 1 heterocycles. The highest BCUT2D eigenvalue weighted by molar-refractivity contribution is 6.42. The Hall–Kier alpha value is -3.18. The molecule has 5 rings (SSSR count). The van der Waals surface area contributed by atoms with Gasteiger partial charge in [-0.1, -0.05) is 77.8 Å². The maximum Gasteiger partial charge on any atom is 0.261 e. The number of hydrogen-bond donors (Lipinski definition) is 0. The van der Waals surface area contributed by atoms with Gasteiger partial charge in [0.25, 0.3) is 11.8 Å². The quantitative estimate of drug-likeness (QED) is 0.256. The summed E-state index contributed by atoms with van der Waals surface area (Å²) in [5, 5.41) is 3.20. The zero-order valence-corrected chi connectivity index (χ0v) is 20.6. The molecule has 0 saturated heterocycles. The van der Waals surface area contributed by atoms with Crippen molar-refractivity contribution in [3.8, 4) is 0 Å². The van der Waals surface area contributed by atoms with E-state index in [1.165, 1.54) is 4.90 Å². The van der Waals surface area contributed by atoms with Crippen LogP contribution in [0.1, 0.15) is 38.8 Å². The molecule has 0 fully saturated rings. The number of nitrogens with zero attached hydrogens (tertiary/aromatic N) is 1. The predicted octanol–water partition coefficient (Wildman–Crippen LogP) is 6.96. The molecule has 0 radical (unpaired) electrons. The van der Waals surface area contributed by atoms with Crippen molar-refractivity contribution in [2.75, 3.05) is 0 Å². The Balaban J connectivity index is 1.42. The number of halogens is 2. The van der Waals surface area contributed by atoms with E-state index in [0.717, 1.165) is 21.9 Å². The van der Waals surface area contributed by atoms with E-state index < -0.39 is 12.1 Å². The van der Waals surface area contributed by atoms with Gasteiger partial charge in [-0.25, -0.2) is 0 Å². The lowest BCUT2D eigenvalue weighted by Crippen LogP contribution is -2.46. The average molecular weight is 504 g/mol. The molecule has 176 valence electrons. The number of carbonyl (C=O) groups excluding carboxylic acids is 2. The molecule has 0 aliphatic carbocycles. The molecule has 2 atom stereocenters. The van der Waals surface area contributed by atoms with Gasteiger partial charge >= 0.3 is 0 Å². The second-order valence-electron chi connectivity index (χ2n) is 8.75. The van der Waals surface area contributed by atoms with Crippen LogP contribution in [0.25, 0.3) is 10.8 Å². The number of amides is 2. The second-order valence-corrected chi connectivity index (χ2v) is 9.56. The lowest BCUT2D eigenvalue weighted by molar-refractivity contribution is -0.00869. The van der Waals surface area contributed by atoms with Crippen LogP contribution in [-0.4, -0.2) is 28.9 Å². The van der Waals surface area contributed by atoms with E-state index in [-0.39, 0.29) is 11.8 Å². The first-order valence-electron chi connectivity index (χ1n) is 11.4. The molecule has 1 aliphatic rings. The van der Waals surface area contributed by atoms with Gasteiger partial charge in [0, 0.05) is 6.42 Å². The third kappa shape index (κ3) is 4.70. The average Bonchev–Trinajstić information content (AvgIpc) is 3.13. The summed E-state index contributed by atoms with van der Waals surface area (Å²) in [6.07, 6.45) is -0.0000941. The topological polar surface area (TPSA) is 46.6 Å². The summed E-state index contributed by atoms with van der Waals surface area (Å²) in [5.74, 6) is -0.599. The Morgan fingerprint density at radius 1 is 0.743 bits per heavy atom. The number of rotatable bonds is 7. The molecule has 0 saturated carbocycles. The van der Waals surface area contributed by atoms with Crippen molar-refractivity contribution >= 4 is 45.8 Å². The van der Waals surface area contributed by atoms with Crippen LogP contribution in [0, 0.1) is 0 Å². The van der Waals surface area contributed by atoms with Gasteiger partial charge < -0.3 is 4.74 Å². The Morgan fingerprint density at radius 3 is 2.06 bits per heavy atom. The van der Waals surface area contributed by atoms with Crippen LogP contribution < -0.4 is 0 Å². The number of imide groups is 1.